The van der Waals surface area contributed by atoms with E-state index in [0.717, 1.165) is 16.3 Å². The van der Waals surface area contributed by atoms with Crippen LogP contribution in [-0.2, 0) is 5.75 Å². The minimum Gasteiger partial charge on any atom is -0.398 e. The number of pyridine rings is 1. The normalized spacial score (nSPS) is 10.5. The van der Waals surface area contributed by atoms with Crippen molar-refractivity contribution in [3.8, 4) is 0 Å². The highest BCUT2D eigenvalue weighted by Crippen LogP contribution is 2.25. The first kappa shape index (κ1) is 12.6. The van der Waals surface area contributed by atoms with Crippen LogP contribution in [0.1, 0.15) is 5.56 Å². The van der Waals surface area contributed by atoms with Crippen molar-refractivity contribution in [1.29, 1.82) is 0 Å². The number of benzene rings is 1. The maximum Gasteiger partial charge on any atom is 0.0964 e. The zero-order valence-corrected chi connectivity index (χ0v) is 11.2. The van der Waals surface area contributed by atoms with E-state index in [0.29, 0.717) is 15.7 Å². The summed E-state index contributed by atoms with van der Waals surface area (Å²) in [7, 11) is 0. The predicted octanol–water partition coefficient (Wildman–Crippen LogP) is 4.26. The average molecular weight is 285 g/mol. The number of halogens is 2. The van der Waals surface area contributed by atoms with E-state index in [2.05, 4.69) is 4.98 Å². The molecule has 0 saturated carbocycles. The second-order valence-corrected chi connectivity index (χ2v) is 5.30. The number of aromatic nitrogens is 1. The van der Waals surface area contributed by atoms with E-state index in [1.807, 2.05) is 30.3 Å². The molecule has 0 aliphatic rings. The van der Waals surface area contributed by atoms with Gasteiger partial charge >= 0.3 is 0 Å². The molecular formula is C12H10Cl2N2S. The monoisotopic (exact) mass is 284 g/mol. The van der Waals surface area contributed by atoms with Gasteiger partial charge in [-0.15, -0.1) is 11.8 Å². The standard InChI is InChI=1S/C12H10Cl2N2S/c13-9-2-4-12(16-6-9)17-7-8-1-3-10(14)11(15)5-8/h1-6H,7,15H2. The van der Waals surface area contributed by atoms with Crippen molar-refractivity contribution in [2.75, 3.05) is 5.73 Å². The molecule has 0 aliphatic heterocycles. The van der Waals surface area contributed by atoms with Crippen molar-refractivity contribution in [2.24, 2.45) is 0 Å². The second-order valence-electron chi connectivity index (χ2n) is 3.46. The summed E-state index contributed by atoms with van der Waals surface area (Å²) in [6.07, 6.45) is 1.64. The maximum absolute atomic E-state index is 5.86. The van der Waals surface area contributed by atoms with Gasteiger partial charge in [0.15, 0.2) is 0 Å². The van der Waals surface area contributed by atoms with E-state index < -0.39 is 0 Å². The molecule has 2 aromatic rings. The summed E-state index contributed by atoms with van der Waals surface area (Å²) in [5.74, 6) is 0.802. The van der Waals surface area contributed by atoms with E-state index in [4.69, 9.17) is 28.9 Å². The van der Waals surface area contributed by atoms with Gasteiger partial charge in [-0.2, -0.15) is 0 Å². The lowest BCUT2D eigenvalue weighted by atomic mass is 10.2. The number of hydrogen-bond donors (Lipinski definition) is 1. The number of nitrogens with zero attached hydrogens (tertiary/aromatic N) is 1. The third-order valence-electron chi connectivity index (χ3n) is 2.15. The molecule has 2 nitrogen and oxygen atoms in total. The number of rotatable bonds is 3. The first-order valence-electron chi connectivity index (χ1n) is 4.93. The molecule has 1 aromatic carbocycles. The fourth-order valence-electron chi connectivity index (χ4n) is 1.29. The quantitative estimate of drug-likeness (QED) is 0.676. The highest BCUT2D eigenvalue weighted by molar-refractivity contribution is 7.98. The second kappa shape index (κ2) is 5.63. The van der Waals surface area contributed by atoms with Crippen LogP contribution < -0.4 is 5.73 Å². The van der Waals surface area contributed by atoms with Crippen molar-refractivity contribution in [3.05, 3.63) is 52.1 Å². The third kappa shape index (κ3) is 3.53. The zero-order valence-electron chi connectivity index (χ0n) is 8.86. The Morgan fingerprint density at radius 2 is 2.00 bits per heavy atom. The number of thioether (sulfide) groups is 1. The van der Waals surface area contributed by atoms with Crippen LogP contribution in [0.25, 0.3) is 0 Å². The van der Waals surface area contributed by atoms with Gasteiger partial charge in [-0.25, -0.2) is 4.98 Å². The van der Waals surface area contributed by atoms with Gasteiger partial charge in [0.05, 0.1) is 20.8 Å². The summed E-state index contributed by atoms with van der Waals surface area (Å²) in [6.45, 7) is 0. The van der Waals surface area contributed by atoms with Crippen molar-refractivity contribution in [3.63, 3.8) is 0 Å². The Kier molecular flexibility index (Phi) is 4.15. The largest absolute Gasteiger partial charge is 0.398 e. The van der Waals surface area contributed by atoms with Crippen LogP contribution in [-0.4, -0.2) is 4.98 Å². The van der Waals surface area contributed by atoms with E-state index in [-0.39, 0.29) is 0 Å². The number of nitrogens with two attached hydrogens (primary N) is 1. The van der Waals surface area contributed by atoms with Crippen LogP contribution in [0.4, 0.5) is 5.69 Å². The van der Waals surface area contributed by atoms with Crippen molar-refractivity contribution in [2.45, 2.75) is 10.8 Å². The van der Waals surface area contributed by atoms with Crippen LogP contribution in [0.5, 0.6) is 0 Å². The smallest absolute Gasteiger partial charge is 0.0964 e. The van der Waals surface area contributed by atoms with Crippen molar-refractivity contribution >= 4 is 40.7 Å². The fraction of sp³-hybridized carbons (Fsp3) is 0.0833. The minimum absolute atomic E-state index is 0.586. The Bertz CT molecular complexity index is 514. The third-order valence-corrected chi connectivity index (χ3v) is 3.73. The molecule has 0 radical (unpaired) electrons. The molecule has 17 heavy (non-hydrogen) atoms. The molecule has 0 atom stereocenters. The van der Waals surface area contributed by atoms with Gasteiger partial charge in [0.2, 0.25) is 0 Å². The topological polar surface area (TPSA) is 38.9 Å². The van der Waals surface area contributed by atoms with Crippen molar-refractivity contribution < 1.29 is 0 Å². The van der Waals surface area contributed by atoms with E-state index in [9.17, 15) is 0 Å². The molecule has 0 amide bonds. The molecule has 0 saturated heterocycles. The average Bonchev–Trinajstić information content (AvgIpc) is 2.33. The SMILES string of the molecule is Nc1cc(CSc2ccc(Cl)cn2)ccc1Cl. The summed E-state index contributed by atoms with van der Waals surface area (Å²) in [6, 6.07) is 9.37. The van der Waals surface area contributed by atoms with Gasteiger partial charge in [-0.3, -0.25) is 0 Å². The summed E-state index contributed by atoms with van der Waals surface area (Å²) in [5, 5.41) is 2.16. The van der Waals surface area contributed by atoms with Gasteiger partial charge < -0.3 is 5.73 Å². The molecule has 88 valence electrons. The van der Waals surface area contributed by atoms with Crippen molar-refractivity contribution in [1.82, 2.24) is 4.98 Å². The highest BCUT2D eigenvalue weighted by Gasteiger charge is 2.01. The molecule has 0 spiro atoms. The predicted molar refractivity (Wildman–Crippen MR) is 74.7 cm³/mol. The van der Waals surface area contributed by atoms with E-state index >= 15 is 0 Å². The molecule has 2 rings (SSSR count). The Morgan fingerprint density at radius 1 is 1.18 bits per heavy atom. The Morgan fingerprint density at radius 3 is 2.65 bits per heavy atom. The molecule has 5 heteroatoms. The van der Waals surface area contributed by atoms with E-state index in [1.165, 1.54) is 0 Å². The molecule has 2 N–H and O–H groups in total. The first-order valence-corrected chi connectivity index (χ1v) is 6.67. The molecular weight excluding hydrogens is 275 g/mol. The molecule has 0 aliphatic carbocycles. The molecule has 0 bridgehead atoms. The van der Waals surface area contributed by atoms with Gasteiger partial charge in [0.1, 0.15) is 0 Å². The van der Waals surface area contributed by atoms with Gasteiger partial charge in [0.25, 0.3) is 0 Å². The Balaban J connectivity index is 2.02. The fourth-order valence-corrected chi connectivity index (χ4v) is 2.30. The van der Waals surface area contributed by atoms with E-state index in [1.54, 1.807) is 18.0 Å². The molecule has 1 aromatic heterocycles. The number of hydrogen-bond acceptors (Lipinski definition) is 3. The zero-order chi connectivity index (χ0) is 12.3. The number of anilines is 1. The number of nitrogen functional groups attached to an aromatic ring is 1. The molecule has 0 unspecified atom stereocenters. The summed E-state index contributed by atoms with van der Waals surface area (Å²) < 4.78 is 0. The summed E-state index contributed by atoms with van der Waals surface area (Å²) >= 11 is 13.2. The minimum atomic E-state index is 0.586. The molecule has 1 heterocycles. The van der Waals surface area contributed by atoms with Crippen LogP contribution in [0.2, 0.25) is 10.0 Å². The molecule has 0 fully saturated rings. The van der Waals surface area contributed by atoms with Crippen LogP contribution in [0.3, 0.4) is 0 Å². The summed E-state index contributed by atoms with van der Waals surface area (Å²) in [5.41, 5.74) is 7.46. The Hall–Kier alpha value is -0.900. The lowest BCUT2D eigenvalue weighted by Gasteiger charge is -2.04. The van der Waals surface area contributed by atoms with Crippen LogP contribution in [0, 0.1) is 0 Å². The first-order chi connectivity index (χ1) is 8.15. The lowest BCUT2D eigenvalue weighted by Crippen LogP contribution is -1.89. The van der Waals surface area contributed by atoms with Crippen LogP contribution >= 0.6 is 35.0 Å². The maximum atomic E-state index is 5.86. The van der Waals surface area contributed by atoms with Crippen LogP contribution in [0.15, 0.2) is 41.6 Å². The Labute approximate surface area is 114 Å². The summed E-state index contributed by atoms with van der Waals surface area (Å²) in [4.78, 5) is 4.21. The lowest BCUT2D eigenvalue weighted by molar-refractivity contribution is 1.13. The highest BCUT2D eigenvalue weighted by atomic mass is 35.5. The van der Waals surface area contributed by atoms with Gasteiger partial charge in [-0.1, -0.05) is 29.3 Å². The van der Waals surface area contributed by atoms with Gasteiger partial charge in [-0.05, 0) is 29.8 Å². The van der Waals surface area contributed by atoms with Gasteiger partial charge in [0, 0.05) is 11.9 Å².